The minimum atomic E-state index is -1.03. The Bertz CT molecular complexity index is 468. The van der Waals surface area contributed by atoms with Gasteiger partial charge in [0.1, 0.15) is 17.8 Å². The van der Waals surface area contributed by atoms with E-state index in [9.17, 15) is 9.59 Å². The highest BCUT2D eigenvalue weighted by Gasteiger charge is 2.42. The summed E-state index contributed by atoms with van der Waals surface area (Å²) in [4.78, 5) is 22.4. The van der Waals surface area contributed by atoms with Crippen molar-refractivity contribution >= 4 is 11.9 Å². The smallest absolute Gasteiger partial charge is 0.311 e. The number of hydrogen-bond acceptors (Lipinski definition) is 4. The summed E-state index contributed by atoms with van der Waals surface area (Å²) in [7, 11) is 0. The molecule has 0 aliphatic carbocycles. The molecule has 0 radical (unpaired) electrons. The minimum absolute atomic E-state index is 0.0968. The number of carboxylic acids is 1. The summed E-state index contributed by atoms with van der Waals surface area (Å²) in [6.07, 6.45) is -0.863. The molecular formula is C13H14O5. The normalized spacial score (nSPS) is 22.6. The molecule has 1 aromatic rings. The van der Waals surface area contributed by atoms with Gasteiger partial charge < -0.3 is 14.6 Å². The van der Waals surface area contributed by atoms with Gasteiger partial charge in [0.15, 0.2) is 0 Å². The molecular weight excluding hydrogens is 236 g/mol. The molecule has 96 valence electrons. The second-order valence-corrected chi connectivity index (χ2v) is 4.03. The predicted octanol–water partition coefficient (Wildman–Crippen LogP) is 1.77. The first kappa shape index (κ1) is 12.4. The molecule has 0 aromatic heterocycles. The Morgan fingerprint density at radius 3 is 2.89 bits per heavy atom. The number of aliphatic carboxylic acids is 1. The van der Waals surface area contributed by atoms with E-state index < -0.39 is 24.0 Å². The number of para-hydroxylation sites is 1. The summed E-state index contributed by atoms with van der Waals surface area (Å²) in [6.45, 7) is 2.31. The van der Waals surface area contributed by atoms with Crippen molar-refractivity contribution < 1.29 is 24.2 Å². The summed E-state index contributed by atoms with van der Waals surface area (Å²) in [6, 6.07) is 7.03. The summed E-state index contributed by atoms with van der Waals surface area (Å²) in [5.74, 6) is -1.80. The van der Waals surface area contributed by atoms with Crippen LogP contribution in [0.25, 0.3) is 0 Å². The van der Waals surface area contributed by atoms with Crippen molar-refractivity contribution in [2.24, 2.45) is 5.92 Å². The van der Waals surface area contributed by atoms with Crippen LogP contribution in [0.1, 0.15) is 25.0 Å². The van der Waals surface area contributed by atoms with Gasteiger partial charge >= 0.3 is 11.9 Å². The molecule has 5 heteroatoms. The number of ether oxygens (including phenoxy) is 2. The van der Waals surface area contributed by atoms with E-state index in [0.717, 1.165) is 0 Å². The highest BCUT2D eigenvalue weighted by atomic mass is 16.6. The Morgan fingerprint density at radius 2 is 2.22 bits per heavy atom. The molecule has 2 atom stereocenters. The van der Waals surface area contributed by atoms with Gasteiger partial charge in [-0.25, -0.2) is 0 Å². The topological polar surface area (TPSA) is 72.8 Å². The second-order valence-electron chi connectivity index (χ2n) is 4.03. The van der Waals surface area contributed by atoms with E-state index in [1.54, 1.807) is 24.3 Å². The van der Waals surface area contributed by atoms with Crippen LogP contribution in [0.4, 0.5) is 0 Å². The minimum Gasteiger partial charge on any atom is -0.493 e. The van der Waals surface area contributed by atoms with Crippen molar-refractivity contribution in [1.82, 2.24) is 0 Å². The first-order valence-corrected chi connectivity index (χ1v) is 5.77. The van der Waals surface area contributed by atoms with E-state index >= 15 is 0 Å². The number of cyclic esters (lactones) is 1. The third kappa shape index (κ3) is 2.30. The van der Waals surface area contributed by atoms with Gasteiger partial charge in [-0.05, 0) is 13.0 Å². The zero-order valence-corrected chi connectivity index (χ0v) is 9.96. The lowest BCUT2D eigenvalue weighted by Gasteiger charge is -2.17. The van der Waals surface area contributed by atoms with Crippen LogP contribution in [0.5, 0.6) is 5.75 Å². The van der Waals surface area contributed by atoms with Gasteiger partial charge in [-0.2, -0.15) is 0 Å². The molecule has 1 fully saturated rings. The number of carboxylic acid groups (broad SMARTS) is 1. The quantitative estimate of drug-likeness (QED) is 0.824. The molecule has 0 bridgehead atoms. The van der Waals surface area contributed by atoms with Crippen LogP contribution < -0.4 is 4.74 Å². The molecule has 0 amide bonds. The summed E-state index contributed by atoms with van der Waals surface area (Å²) in [5, 5.41) is 9.11. The van der Waals surface area contributed by atoms with E-state index in [1.165, 1.54) is 0 Å². The lowest BCUT2D eigenvalue weighted by Crippen LogP contribution is -2.18. The number of rotatable bonds is 4. The fraction of sp³-hybridized carbons (Fsp3) is 0.385. The largest absolute Gasteiger partial charge is 0.493 e. The van der Waals surface area contributed by atoms with E-state index in [0.29, 0.717) is 17.9 Å². The zero-order chi connectivity index (χ0) is 13.1. The van der Waals surface area contributed by atoms with E-state index in [-0.39, 0.29) is 6.42 Å². The number of hydrogen-bond donors (Lipinski definition) is 1. The number of carbonyl (C=O) groups is 2. The molecule has 0 saturated carbocycles. The summed E-state index contributed by atoms with van der Waals surface area (Å²) in [5.41, 5.74) is 0.609. The lowest BCUT2D eigenvalue weighted by molar-refractivity contribution is -0.144. The van der Waals surface area contributed by atoms with Crippen LogP contribution in [0.15, 0.2) is 24.3 Å². The molecule has 1 heterocycles. The summed E-state index contributed by atoms with van der Waals surface area (Å²) >= 11 is 0. The second kappa shape index (κ2) is 5.08. The molecule has 0 unspecified atom stereocenters. The van der Waals surface area contributed by atoms with Gasteiger partial charge in [-0.3, -0.25) is 9.59 Å². The Hall–Kier alpha value is -2.04. The average Bonchev–Trinajstić information content (AvgIpc) is 2.72. The van der Waals surface area contributed by atoms with Gasteiger partial charge in [0.2, 0.25) is 0 Å². The van der Waals surface area contributed by atoms with E-state index in [1.807, 2.05) is 6.92 Å². The van der Waals surface area contributed by atoms with Gasteiger partial charge in [0.25, 0.3) is 0 Å². The van der Waals surface area contributed by atoms with Crippen molar-refractivity contribution in [2.45, 2.75) is 19.4 Å². The maximum absolute atomic E-state index is 11.3. The van der Waals surface area contributed by atoms with E-state index in [4.69, 9.17) is 14.6 Å². The van der Waals surface area contributed by atoms with Crippen LogP contribution in [0, 0.1) is 5.92 Å². The molecule has 18 heavy (non-hydrogen) atoms. The van der Waals surface area contributed by atoms with Crippen LogP contribution in [0.2, 0.25) is 0 Å². The average molecular weight is 250 g/mol. The van der Waals surface area contributed by atoms with Crippen molar-refractivity contribution in [3.05, 3.63) is 29.8 Å². The lowest BCUT2D eigenvalue weighted by atomic mass is 9.95. The SMILES string of the molecule is CCOc1ccccc1[C@H]1OC(=O)C[C@@H]1C(=O)O. The third-order valence-corrected chi connectivity index (χ3v) is 2.85. The van der Waals surface area contributed by atoms with Gasteiger partial charge in [-0.1, -0.05) is 18.2 Å². The molecule has 2 rings (SSSR count). The highest BCUT2D eigenvalue weighted by Crippen LogP contribution is 2.39. The first-order chi connectivity index (χ1) is 8.63. The molecule has 1 aliphatic rings. The molecule has 1 aromatic carbocycles. The Morgan fingerprint density at radius 1 is 1.50 bits per heavy atom. The van der Waals surface area contributed by atoms with Crippen LogP contribution in [-0.4, -0.2) is 23.7 Å². The predicted molar refractivity (Wildman–Crippen MR) is 62.2 cm³/mol. The fourth-order valence-electron chi connectivity index (χ4n) is 2.06. The van der Waals surface area contributed by atoms with Crippen molar-refractivity contribution in [3.8, 4) is 5.75 Å². The van der Waals surface area contributed by atoms with Gasteiger partial charge in [0, 0.05) is 5.56 Å². The van der Waals surface area contributed by atoms with Crippen molar-refractivity contribution in [3.63, 3.8) is 0 Å². The Balaban J connectivity index is 2.35. The number of esters is 1. The molecule has 0 spiro atoms. The standard InChI is InChI=1S/C13H14O5/c1-2-17-10-6-4-3-5-8(10)12-9(13(15)16)7-11(14)18-12/h3-6,9,12H,2,7H2,1H3,(H,15,16)/t9-,12+/m0/s1. The first-order valence-electron chi connectivity index (χ1n) is 5.77. The number of benzene rings is 1. The Kier molecular flexibility index (Phi) is 3.50. The van der Waals surface area contributed by atoms with Crippen LogP contribution in [-0.2, 0) is 14.3 Å². The van der Waals surface area contributed by atoms with Gasteiger partial charge in [-0.15, -0.1) is 0 Å². The number of carbonyl (C=O) groups excluding carboxylic acids is 1. The van der Waals surface area contributed by atoms with Crippen molar-refractivity contribution in [2.75, 3.05) is 6.61 Å². The molecule has 1 aliphatic heterocycles. The van der Waals surface area contributed by atoms with Crippen LogP contribution in [0.3, 0.4) is 0 Å². The van der Waals surface area contributed by atoms with Crippen LogP contribution >= 0.6 is 0 Å². The monoisotopic (exact) mass is 250 g/mol. The maximum Gasteiger partial charge on any atom is 0.311 e. The maximum atomic E-state index is 11.3. The fourth-order valence-corrected chi connectivity index (χ4v) is 2.06. The molecule has 5 nitrogen and oxygen atoms in total. The molecule has 1 N–H and O–H groups in total. The highest BCUT2D eigenvalue weighted by molar-refractivity contribution is 5.83. The van der Waals surface area contributed by atoms with E-state index in [2.05, 4.69) is 0 Å². The zero-order valence-electron chi connectivity index (χ0n) is 9.96. The Labute approximate surface area is 104 Å². The van der Waals surface area contributed by atoms with Gasteiger partial charge in [0.05, 0.1) is 13.0 Å². The van der Waals surface area contributed by atoms with Crippen molar-refractivity contribution in [1.29, 1.82) is 0 Å². The molecule has 1 saturated heterocycles. The summed E-state index contributed by atoms with van der Waals surface area (Å²) < 4.78 is 10.5. The third-order valence-electron chi connectivity index (χ3n) is 2.85.